The summed E-state index contributed by atoms with van der Waals surface area (Å²) >= 11 is 6.51. The highest BCUT2D eigenvalue weighted by Crippen LogP contribution is 2.35. The molecule has 10 heteroatoms. The first kappa shape index (κ1) is 21.9. The van der Waals surface area contributed by atoms with E-state index >= 15 is 0 Å². The maximum atomic E-state index is 13.4. The summed E-state index contributed by atoms with van der Waals surface area (Å²) in [6, 6.07) is 15.6. The molecule has 4 aromatic rings. The second-order valence-corrected chi connectivity index (χ2v) is 8.87. The van der Waals surface area contributed by atoms with Gasteiger partial charge in [0.1, 0.15) is 32.8 Å². The van der Waals surface area contributed by atoms with E-state index in [1.165, 1.54) is 21.6 Å². The number of benzene rings is 1. The summed E-state index contributed by atoms with van der Waals surface area (Å²) in [4.78, 5) is 32.7. The van der Waals surface area contributed by atoms with E-state index in [0.717, 1.165) is 11.8 Å². The monoisotopic (exact) mass is 491 g/mol. The standard InChI is InChI=1S/C24H17N3O5S2/c1-30-15-7-9-16(10-8-15)32-21-18(22(28)26-11-3-2-6-20(26)25-21)13-19-23(29)27(24(33)34-19)14-17-5-4-12-31-17/h2-13H,14H2,1H3/b19-13+. The number of thioether (sulfide) groups is 1. The zero-order valence-electron chi connectivity index (χ0n) is 17.8. The molecule has 8 nitrogen and oxygen atoms in total. The van der Waals surface area contributed by atoms with Gasteiger partial charge in [-0.15, -0.1) is 0 Å². The van der Waals surface area contributed by atoms with E-state index < -0.39 is 0 Å². The van der Waals surface area contributed by atoms with Crippen LogP contribution in [0.3, 0.4) is 0 Å². The number of amides is 1. The molecular formula is C24H17N3O5S2. The Bertz CT molecular complexity index is 1480. The molecule has 1 fully saturated rings. The summed E-state index contributed by atoms with van der Waals surface area (Å²) in [5.74, 6) is 1.50. The van der Waals surface area contributed by atoms with Gasteiger partial charge < -0.3 is 13.9 Å². The van der Waals surface area contributed by atoms with Crippen molar-refractivity contribution in [2.45, 2.75) is 6.54 Å². The van der Waals surface area contributed by atoms with E-state index in [1.54, 1.807) is 67.9 Å². The topological polar surface area (TPSA) is 86.3 Å². The Morgan fingerprint density at radius 3 is 2.62 bits per heavy atom. The van der Waals surface area contributed by atoms with Crippen molar-refractivity contribution in [1.29, 1.82) is 0 Å². The Balaban J connectivity index is 1.56. The van der Waals surface area contributed by atoms with Crippen molar-refractivity contribution in [3.63, 3.8) is 0 Å². The van der Waals surface area contributed by atoms with Gasteiger partial charge >= 0.3 is 0 Å². The molecule has 0 saturated carbocycles. The maximum Gasteiger partial charge on any atom is 0.269 e. The van der Waals surface area contributed by atoms with Crippen LogP contribution in [-0.4, -0.2) is 31.6 Å². The van der Waals surface area contributed by atoms with E-state index in [1.807, 2.05) is 0 Å². The van der Waals surface area contributed by atoms with E-state index in [4.69, 9.17) is 26.1 Å². The van der Waals surface area contributed by atoms with Gasteiger partial charge in [-0.1, -0.05) is 30.0 Å². The summed E-state index contributed by atoms with van der Waals surface area (Å²) in [6.07, 6.45) is 4.63. The average molecular weight is 492 g/mol. The minimum atomic E-state index is -0.370. The Morgan fingerprint density at radius 2 is 1.88 bits per heavy atom. The molecule has 1 aliphatic rings. The molecule has 34 heavy (non-hydrogen) atoms. The molecule has 0 unspecified atom stereocenters. The average Bonchev–Trinajstić information content (AvgIpc) is 3.46. The molecule has 0 aliphatic carbocycles. The first-order valence-corrected chi connectivity index (χ1v) is 11.4. The number of hydrogen-bond donors (Lipinski definition) is 0. The Morgan fingerprint density at radius 1 is 1.09 bits per heavy atom. The number of ether oxygens (including phenoxy) is 2. The van der Waals surface area contributed by atoms with Crippen molar-refractivity contribution in [3.8, 4) is 17.4 Å². The molecule has 1 aromatic carbocycles. The molecule has 1 aliphatic heterocycles. The highest BCUT2D eigenvalue weighted by molar-refractivity contribution is 8.26. The Kier molecular flexibility index (Phi) is 5.91. The van der Waals surface area contributed by atoms with E-state index in [-0.39, 0.29) is 29.5 Å². The molecule has 0 bridgehead atoms. The van der Waals surface area contributed by atoms with Crippen LogP contribution in [0.1, 0.15) is 11.3 Å². The number of furan rings is 1. The second kappa shape index (κ2) is 9.16. The highest BCUT2D eigenvalue weighted by atomic mass is 32.2. The molecule has 4 heterocycles. The molecular weight excluding hydrogens is 474 g/mol. The molecule has 1 amide bonds. The van der Waals surface area contributed by atoms with Gasteiger partial charge in [0, 0.05) is 6.20 Å². The second-order valence-electron chi connectivity index (χ2n) is 7.19. The highest BCUT2D eigenvalue weighted by Gasteiger charge is 2.33. The molecule has 0 N–H and O–H groups in total. The zero-order valence-corrected chi connectivity index (χ0v) is 19.5. The quantitative estimate of drug-likeness (QED) is 0.288. The van der Waals surface area contributed by atoms with E-state index in [2.05, 4.69) is 4.98 Å². The molecule has 170 valence electrons. The number of hydrogen-bond acceptors (Lipinski definition) is 8. The number of methoxy groups -OCH3 is 1. The van der Waals surface area contributed by atoms with Crippen molar-refractivity contribution in [2.75, 3.05) is 7.11 Å². The molecule has 0 spiro atoms. The van der Waals surface area contributed by atoms with Gasteiger partial charge in [-0.3, -0.25) is 18.9 Å². The lowest BCUT2D eigenvalue weighted by Crippen LogP contribution is -2.27. The molecule has 0 atom stereocenters. The van der Waals surface area contributed by atoms with Crippen molar-refractivity contribution >= 4 is 45.9 Å². The third-order valence-electron chi connectivity index (χ3n) is 5.05. The maximum absolute atomic E-state index is 13.4. The van der Waals surface area contributed by atoms with Gasteiger partial charge in [-0.25, -0.2) is 0 Å². The number of nitrogens with zero attached hydrogens (tertiary/aromatic N) is 3. The normalized spacial score (nSPS) is 14.9. The van der Waals surface area contributed by atoms with Crippen LogP contribution in [-0.2, 0) is 11.3 Å². The van der Waals surface area contributed by atoms with Crippen LogP contribution in [0.25, 0.3) is 11.7 Å². The zero-order chi connectivity index (χ0) is 23.7. The van der Waals surface area contributed by atoms with Gasteiger partial charge in [0.25, 0.3) is 11.5 Å². The largest absolute Gasteiger partial charge is 0.497 e. The molecule has 1 saturated heterocycles. The van der Waals surface area contributed by atoms with Crippen LogP contribution >= 0.6 is 24.0 Å². The van der Waals surface area contributed by atoms with Crippen LogP contribution in [0.2, 0.25) is 0 Å². The SMILES string of the molecule is COc1ccc(Oc2nc3ccccn3c(=O)c2/C=C2/SC(=S)N(Cc3ccco3)C2=O)cc1. The van der Waals surface area contributed by atoms with E-state index in [9.17, 15) is 9.59 Å². The number of rotatable bonds is 6. The lowest BCUT2D eigenvalue weighted by atomic mass is 10.2. The third-order valence-corrected chi connectivity index (χ3v) is 6.43. The molecule has 5 rings (SSSR count). The lowest BCUT2D eigenvalue weighted by Gasteiger charge is -2.12. The summed E-state index contributed by atoms with van der Waals surface area (Å²) in [6.45, 7) is 0.208. The number of fused-ring (bicyclic) bond motifs is 1. The van der Waals surface area contributed by atoms with Gasteiger partial charge in [-0.05, 0) is 54.6 Å². The predicted octanol–water partition coefficient (Wildman–Crippen LogP) is 4.49. The predicted molar refractivity (Wildman–Crippen MR) is 132 cm³/mol. The van der Waals surface area contributed by atoms with Crippen LogP contribution in [0.15, 0.2) is 81.2 Å². The number of thiocarbonyl (C=S) groups is 1. The van der Waals surface area contributed by atoms with Crippen molar-refractivity contribution in [2.24, 2.45) is 0 Å². The van der Waals surface area contributed by atoms with Crippen LogP contribution in [0.5, 0.6) is 17.4 Å². The fourth-order valence-electron chi connectivity index (χ4n) is 3.36. The summed E-state index contributed by atoms with van der Waals surface area (Å²) in [7, 11) is 1.57. The Labute approximate surface area is 203 Å². The summed E-state index contributed by atoms with van der Waals surface area (Å²) < 4.78 is 18.3. The number of carbonyl (C=O) groups is 1. The minimum absolute atomic E-state index is 0.0812. The van der Waals surface area contributed by atoms with Crippen LogP contribution in [0, 0.1) is 0 Å². The fraction of sp³-hybridized carbons (Fsp3) is 0.0833. The van der Waals surface area contributed by atoms with Gasteiger partial charge in [0.15, 0.2) is 0 Å². The van der Waals surface area contributed by atoms with Gasteiger partial charge in [-0.2, -0.15) is 4.98 Å². The number of aromatic nitrogens is 2. The first-order chi connectivity index (χ1) is 16.5. The summed E-state index contributed by atoms with van der Waals surface area (Å²) in [5, 5.41) is 0. The van der Waals surface area contributed by atoms with Gasteiger partial charge in [0.05, 0.1) is 24.8 Å². The van der Waals surface area contributed by atoms with Crippen LogP contribution < -0.4 is 15.0 Å². The fourth-order valence-corrected chi connectivity index (χ4v) is 4.60. The third kappa shape index (κ3) is 4.20. The lowest BCUT2D eigenvalue weighted by molar-refractivity contribution is -0.122. The Hall–Kier alpha value is -3.89. The molecule has 0 radical (unpaired) electrons. The van der Waals surface area contributed by atoms with Crippen molar-refractivity contribution in [3.05, 3.63) is 93.6 Å². The summed E-state index contributed by atoms with van der Waals surface area (Å²) in [5.41, 5.74) is 0.182. The number of pyridine rings is 1. The molecule has 3 aromatic heterocycles. The smallest absolute Gasteiger partial charge is 0.269 e. The van der Waals surface area contributed by atoms with E-state index in [0.29, 0.717) is 32.1 Å². The first-order valence-electron chi connectivity index (χ1n) is 10.1. The number of carbonyl (C=O) groups excluding carboxylic acids is 1. The van der Waals surface area contributed by atoms with Crippen LogP contribution in [0.4, 0.5) is 0 Å². The minimum Gasteiger partial charge on any atom is -0.497 e. The van der Waals surface area contributed by atoms with Crippen molar-refractivity contribution < 1.29 is 18.7 Å². The van der Waals surface area contributed by atoms with Gasteiger partial charge in [0.2, 0.25) is 5.88 Å². The van der Waals surface area contributed by atoms with Crippen molar-refractivity contribution in [1.82, 2.24) is 14.3 Å².